The molecule has 0 spiro atoms. The predicted molar refractivity (Wildman–Crippen MR) is 69.0 cm³/mol. The zero-order valence-corrected chi connectivity index (χ0v) is 11.1. The number of nitrogens with two attached hydrogens (primary N) is 1. The van der Waals surface area contributed by atoms with Crippen LogP contribution in [0.1, 0.15) is 31.4 Å². The van der Waals surface area contributed by atoms with Crippen LogP contribution in [0.2, 0.25) is 0 Å². The van der Waals surface area contributed by atoms with Crippen LogP contribution in [0.3, 0.4) is 0 Å². The Balaban J connectivity index is 1.71. The Morgan fingerprint density at radius 1 is 1.21 bits per heavy atom. The molecule has 0 amide bonds. The van der Waals surface area contributed by atoms with Gasteiger partial charge in [-0.1, -0.05) is 6.07 Å². The van der Waals surface area contributed by atoms with Crippen LogP contribution >= 0.6 is 0 Å². The summed E-state index contributed by atoms with van der Waals surface area (Å²) >= 11 is 0. The molecule has 0 aromatic heterocycles. The smallest absolute Gasteiger partial charge is 0.231 e. The van der Waals surface area contributed by atoms with Crippen LogP contribution in [0, 0.1) is 0 Å². The van der Waals surface area contributed by atoms with Crippen LogP contribution in [0.4, 0.5) is 0 Å². The SMILES string of the molecule is CC1(CC(N)c2ccc3c(c2)OCO3)OCCCO1. The topological polar surface area (TPSA) is 62.9 Å². The second kappa shape index (κ2) is 5.00. The summed E-state index contributed by atoms with van der Waals surface area (Å²) in [5.74, 6) is 0.935. The van der Waals surface area contributed by atoms with Gasteiger partial charge in [0.15, 0.2) is 17.3 Å². The van der Waals surface area contributed by atoms with E-state index in [1.165, 1.54) is 0 Å². The molecule has 2 N–H and O–H groups in total. The monoisotopic (exact) mass is 265 g/mol. The number of hydrogen-bond acceptors (Lipinski definition) is 5. The molecule has 1 aromatic carbocycles. The lowest BCUT2D eigenvalue weighted by molar-refractivity contribution is -0.260. The molecule has 1 fully saturated rings. The Kier molecular flexibility index (Phi) is 3.35. The van der Waals surface area contributed by atoms with Gasteiger partial charge in [0, 0.05) is 12.5 Å². The van der Waals surface area contributed by atoms with Gasteiger partial charge in [-0.15, -0.1) is 0 Å². The van der Waals surface area contributed by atoms with Crippen molar-refractivity contribution in [1.29, 1.82) is 0 Å². The molecule has 2 heterocycles. The van der Waals surface area contributed by atoms with Crippen LogP contribution in [0.25, 0.3) is 0 Å². The lowest BCUT2D eigenvalue weighted by Crippen LogP contribution is -2.40. The summed E-state index contributed by atoms with van der Waals surface area (Å²) in [6.45, 7) is 3.67. The van der Waals surface area contributed by atoms with Crippen molar-refractivity contribution in [2.24, 2.45) is 5.73 Å². The van der Waals surface area contributed by atoms with E-state index in [-0.39, 0.29) is 12.8 Å². The van der Waals surface area contributed by atoms with E-state index in [9.17, 15) is 0 Å². The maximum absolute atomic E-state index is 6.25. The van der Waals surface area contributed by atoms with Crippen molar-refractivity contribution in [3.05, 3.63) is 23.8 Å². The first-order valence-electron chi connectivity index (χ1n) is 6.59. The molecule has 0 aliphatic carbocycles. The Morgan fingerprint density at radius 2 is 1.95 bits per heavy atom. The van der Waals surface area contributed by atoms with E-state index in [0.717, 1.165) is 36.7 Å². The van der Waals surface area contributed by atoms with Gasteiger partial charge in [0.05, 0.1) is 13.2 Å². The molecule has 0 radical (unpaired) electrons. The molecule has 0 bridgehead atoms. The third kappa shape index (κ3) is 2.68. The lowest BCUT2D eigenvalue weighted by atomic mass is 9.99. The molecule has 0 saturated carbocycles. The molecular weight excluding hydrogens is 246 g/mol. The highest BCUT2D eigenvalue weighted by Crippen LogP contribution is 2.36. The molecule has 1 aromatic rings. The minimum absolute atomic E-state index is 0.155. The minimum atomic E-state index is -0.589. The molecule has 1 unspecified atom stereocenters. The van der Waals surface area contributed by atoms with Gasteiger partial charge in [0.2, 0.25) is 6.79 Å². The van der Waals surface area contributed by atoms with E-state index >= 15 is 0 Å². The molecule has 5 nitrogen and oxygen atoms in total. The first-order chi connectivity index (χ1) is 9.16. The summed E-state index contributed by atoms with van der Waals surface area (Å²) in [7, 11) is 0. The van der Waals surface area contributed by atoms with Crippen molar-refractivity contribution in [2.45, 2.75) is 31.6 Å². The zero-order chi connectivity index (χ0) is 13.3. The third-order valence-corrected chi connectivity index (χ3v) is 3.52. The molecular formula is C14H19NO4. The highest BCUT2D eigenvalue weighted by molar-refractivity contribution is 5.45. The number of fused-ring (bicyclic) bond motifs is 1. The van der Waals surface area contributed by atoms with E-state index in [1.807, 2.05) is 25.1 Å². The number of ether oxygens (including phenoxy) is 4. The Hall–Kier alpha value is -1.30. The van der Waals surface area contributed by atoms with Crippen molar-refractivity contribution in [3.8, 4) is 11.5 Å². The molecule has 2 aliphatic rings. The number of hydrogen-bond donors (Lipinski definition) is 1. The second-order valence-corrected chi connectivity index (χ2v) is 5.11. The van der Waals surface area contributed by atoms with Crippen LogP contribution in [0.5, 0.6) is 11.5 Å². The van der Waals surface area contributed by atoms with Crippen molar-refractivity contribution in [3.63, 3.8) is 0 Å². The fourth-order valence-corrected chi connectivity index (χ4v) is 2.46. The first kappa shape index (κ1) is 12.7. The minimum Gasteiger partial charge on any atom is -0.454 e. The predicted octanol–water partition coefficient (Wildman–Crippen LogP) is 1.96. The third-order valence-electron chi connectivity index (χ3n) is 3.52. The maximum atomic E-state index is 6.25. The van der Waals surface area contributed by atoms with Gasteiger partial charge in [0.1, 0.15) is 0 Å². The summed E-state index contributed by atoms with van der Waals surface area (Å²) in [5.41, 5.74) is 7.25. The van der Waals surface area contributed by atoms with Gasteiger partial charge in [-0.05, 0) is 31.0 Å². The van der Waals surface area contributed by atoms with Crippen molar-refractivity contribution in [2.75, 3.05) is 20.0 Å². The molecule has 3 rings (SSSR count). The summed E-state index contributed by atoms with van der Waals surface area (Å²) in [6.07, 6.45) is 1.56. The quantitative estimate of drug-likeness (QED) is 0.905. The molecule has 104 valence electrons. The highest BCUT2D eigenvalue weighted by atomic mass is 16.7. The van der Waals surface area contributed by atoms with Gasteiger partial charge in [-0.3, -0.25) is 0 Å². The van der Waals surface area contributed by atoms with Crippen LogP contribution in [0.15, 0.2) is 18.2 Å². The van der Waals surface area contributed by atoms with Gasteiger partial charge < -0.3 is 24.7 Å². The summed E-state index contributed by atoms with van der Waals surface area (Å²) in [5, 5.41) is 0. The molecule has 2 aliphatic heterocycles. The standard InChI is InChI=1S/C14H19NO4/c1-14(18-5-2-6-19-14)8-11(15)10-3-4-12-13(7-10)17-9-16-12/h3-4,7,11H,2,5-6,8-9,15H2,1H3. The van der Waals surface area contributed by atoms with Gasteiger partial charge >= 0.3 is 0 Å². The van der Waals surface area contributed by atoms with E-state index in [2.05, 4.69) is 0 Å². The fraction of sp³-hybridized carbons (Fsp3) is 0.571. The fourth-order valence-electron chi connectivity index (χ4n) is 2.46. The van der Waals surface area contributed by atoms with Gasteiger partial charge in [-0.2, -0.15) is 0 Å². The van der Waals surface area contributed by atoms with E-state index in [0.29, 0.717) is 6.42 Å². The van der Waals surface area contributed by atoms with Crippen LogP contribution in [-0.2, 0) is 9.47 Å². The van der Waals surface area contributed by atoms with Crippen molar-refractivity contribution < 1.29 is 18.9 Å². The van der Waals surface area contributed by atoms with E-state index in [1.54, 1.807) is 0 Å². The normalized spacial score (nSPS) is 22.2. The largest absolute Gasteiger partial charge is 0.454 e. The maximum Gasteiger partial charge on any atom is 0.231 e. The number of benzene rings is 1. The average molecular weight is 265 g/mol. The van der Waals surface area contributed by atoms with Crippen LogP contribution < -0.4 is 15.2 Å². The summed E-state index contributed by atoms with van der Waals surface area (Å²) < 4.78 is 22.0. The van der Waals surface area contributed by atoms with Gasteiger partial charge in [-0.25, -0.2) is 0 Å². The summed E-state index contributed by atoms with van der Waals surface area (Å²) in [6, 6.07) is 5.63. The average Bonchev–Trinajstić information content (AvgIpc) is 2.86. The van der Waals surface area contributed by atoms with E-state index < -0.39 is 5.79 Å². The number of rotatable bonds is 3. The molecule has 5 heteroatoms. The zero-order valence-electron chi connectivity index (χ0n) is 11.1. The molecule has 19 heavy (non-hydrogen) atoms. The first-order valence-corrected chi connectivity index (χ1v) is 6.59. The van der Waals surface area contributed by atoms with E-state index in [4.69, 9.17) is 24.7 Å². The second-order valence-electron chi connectivity index (χ2n) is 5.11. The molecule has 1 atom stereocenters. The Labute approximate surface area is 112 Å². The van der Waals surface area contributed by atoms with Crippen molar-refractivity contribution >= 4 is 0 Å². The highest BCUT2D eigenvalue weighted by Gasteiger charge is 2.32. The van der Waals surface area contributed by atoms with Gasteiger partial charge in [0.25, 0.3) is 0 Å². The molecule has 1 saturated heterocycles. The summed E-state index contributed by atoms with van der Waals surface area (Å²) in [4.78, 5) is 0. The Morgan fingerprint density at radius 3 is 2.74 bits per heavy atom. The lowest BCUT2D eigenvalue weighted by Gasteiger charge is -2.35. The van der Waals surface area contributed by atoms with Crippen LogP contribution in [-0.4, -0.2) is 25.8 Å². The Bertz CT molecular complexity index is 457. The van der Waals surface area contributed by atoms with Crippen molar-refractivity contribution in [1.82, 2.24) is 0 Å².